The summed E-state index contributed by atoms with van der Waals surface area (Å²) in [4.78, 5) is 20.9. The Morgan fingerprint density at radius 3 is 2.19 bits per heavy atom. The van der Waals surface area contributed by atoms with Crippen molar-refractivity contribution in [1.29, 1.82) is 0 Å². The third-order valence-electron chi connectivity index (χ3n) is 5.46. The lowest BCUT2D eigenvalue weighted by atomic mass is 10.1. The van der Waals surface area contributed by atoms with Gasteiger partial charge in [-0.15, -0.1) is 0 Å². The summed E-state index contributed by atoms with van der Waals surface area (Å²) in [6, 6.07) is 3.41. The van der Waals surface area contributed by atoms with Crippen LogP contribution in [0.2, 0.25) is 0 Å². The van der Waals surface area contributed by atoms with Crippen molar-refractivity contribution in [1.82, 2.24) is 9.88 Å². The molecule has 1 aliphatic heterocycles. The molecule has 1 aliphatic carbocycles. The van der Waals surface area contributed by atoms with Crippen LogP contribution in [-0.2, 0) is 14.6 Å². The summed E-state index contributed by atoms with van der Waals surface area (Å²) in [6.45, 7) is 7.99. The SMILES string of the molecule is CC(C)(C)S(=O)(=O)c1ccc(N2CCN(C(=O)C3CCCC3)CC2)cn1. The number of carbonyl (C=O) groups is 1. The molecule has 1 amide bonds. The first-order valence-corrected chi connectivity index (χ1v) is 10.9. The summed E-state index contributed by atoms with van der Waals surface area (Å²) in [5, 5.41) is 0.115. The molecule has 0 unspecified atom stereocenters. The fourth-order valence-corrected chi connectivity index (χ4v) is 4.71. The van der Waals surface area contributed by atoms with Gasteiger partial charge in [-0.25, -0.2) is 13.4 Å². The van der Waals surface area contributed by atoms with E-state index in [2.05, 4.69) is 9.88 Å². The zero-order chi connectivity index (χ0) is 18.9. The first kappa shape index (κ1) is 19.1. The molecule has 3 rings (SSSR count). The Labute approximate surface area is 156 Å². The molecule has 7 heteroatoms. The lowest BCUT2D eigenvalue weighted by Crippen LogP contribution is -2.50. The van der Waals surface area contributed by atoms with Crippen LogP contribution in [0.5, 0.6) is 0 Å². The van der Waals surface area contributed by atoms with Crippen LogP contribution in [0.4, 0.5) is 5.69 Å². The maximum absolute atomic E-state index is 12.5. The average Bonchev–Trinajstić information content (AvgIpc) is 3.15. The van der Waals surface area contributed by atoms with E-state index in [9.17, 15) is 13.2 Å². The van der Waals surface area contributed by atoms with Gasteiger partial charge in [-0.2, -0.15) is 0 Å². The highest BCUT2D eigenvalue weighted by molar-refractivity contribution is 7.92. The van der Waals surface area contributed by atoms with Crippen molar-refractivity contribution in [2.24, 2.45) is 5.92 Å². The molecule has 144 valence electrons. The monoisotopic (exact) mass is 379 g/mol. The fraction of sp³-hybridized carbons (Fsp3) is 0.684. The predicted molar refractivity (Wildman–Crippen MR) is 102 cm³/mol. The van der Waals surface area contributed by atoms with E-state index in [4.69, 9.17) is 0 Å². The van der Waals surface area contributed by atoms with Gasteiger partial charge in [-0.3, -0.25) is 4.79 Å². The lowest BCUT2D eigenvalue weighted by Gasteiger charge is -2.37. The molecule has 1 saturated heterocycles. The van der Waals surface area contributed by atoms with Crippen molar-refractivity contribution in [3.63, 3.8) is 0 Å². The maximum atomic E-state index is 12.5. The first-order chi connectivity index (χ1) is 12.2. The number of rotatable bonds is 3. The van der Waals surface area contributed by atoms with Crippen molar-refractivity contribution in [3.05, 3.63) is 18.3 Å². The van der Waals surface area contributed by atoms with Crippen molar-refractivity contribution in [2.45, 2.75) is 56.2 Å². The van der Waals surface area contributed by atoms with Crippen molar-refractivity contribution >= 4 is 21.4 Å². The zero-order valence-corrected chi connectivity index (χ0v) is 16.8. The quantitative estimate of drug-likeness (QED) is 0.807. The van der Waals surface area contributed by atoms with Crippen LogP contribution in [0, 0.1) is 5.92 Å². The molecule has 26 heavy (non-hydrogen) atoms. The molecular weight excluding hydrogens is 350 g/mol. The highest BCUT2D eigenvalue weighted by Gasteiger charge is 2.32. The lowest BCUT2D eigenvalue weighted by molar-refractivity contribution is -0.135. The van der Waals surface area contributed by atoms with Crippen LogP contribution in [0.3, 0.4) is 0 Å². The van der Waals surface area contributed by atoms with Gasteiger partial charge in [0, 0.05) is 32.1 Å². The smallest absolute Gasteiger partial charge is 0.225 e. The molecule has 1 aromatic rings. The van der Waals surface area contributed by atoms with Crippen molar-refractivity contribution < 1.29 is 13.2 Å². The second kappa shape index (κ2) is 7.18. The second-order valence-corrected chi connectivity index (χ2v) is 10.9. The minimum atomic E-state index is -3.44. The van der Waals surface area contributed by atoms with Gasteiger partial charge in [-0.1, -0.05) is 12.8 Å². The van der Waals surface area contributed by atoms with E-state index in [0.717, 1.165) is 44.7 Å². The van der Waals surface area contributed by atoms with Gasteiger partial charge in [-0.05, 0) is 45.7 Å². The standard InChI is InChI=1S/C19H29N3O3S/c1-19(2,3)26(24,25)17-9-8-16(14-20-17)21-10-12-22(13-11-21)18(23)15-6-4-5-7-15/h8-9,14-15H,4-7,10-13H2,1-3H3. The number of amides is 1. The number of hydrogen-bond donors (Lipinski definition) is 0. The first-order valence-electron chi connectivity index (χ1n) is 9.44. The number of piperazine rings is 1. The number of hydrogen-bond acceptors (Lipinski definition) is 5. The highest BCUT2D eigenvalue weighted by atomic mass is 32.2. The van der Waals surface area contributed by atoms with Gasteiger partial charge < -0.3 is 9.80 Å². The van der Waals surface area contributed by atoms with E-state index in [1.54, 1.807) is 33.0 Å². The van der Waals surface area contributed by atoms with E-state index in [1.165, 1.54) is 12.8 Å². The van der Waals surface area contributed by atoms with E-state index in [1.807, 2.05) is 11.0 Å². The number of anilines is 1. The van der Waals surface area contributed by atoms with Crippen molar-refractivity contribution in [3.8, 4) is 0 Å². The third-order valence-corrected chi connectivity index (χ3v) is 7.87. The molecule has 2 heterocycles. The maximum Gasteiger partial charge on any atom is 0.225 e. The van der Waals surface area contributed by atoms with Gasteiger partial charge in [0.15, 0.2) is 14.9 Å². The third kappa shape index (κ3) is 3.72. The largest absolute Gasteiger partial charge is 0.367 e. The number of sulfone groups is 1. The number of nitrogens with zero attached hydrogens (tertiary/aromatic N) is 3. The van der Waals surface area contributed by atoms with Gasteiger partial charge in [0.25, 0.3) is 0 Å². The average molecular weight is 380 g/mol. The molecule has 2 fully saturated rings. The highest BCUT2D eigenvalue weighted by Crippen LogP contribution is 2.28. The van der Waals surface area contributed by atoms with Crippen LogP contribution in [0.1, 0.15) is 46.5 Å². The Kier molecular flexibility index (Phi) is 5.28. The van der Waals surface area contributed by atoms with E-state index in [0.29, 0.717) is 5.91 Å². The normalized spacial score (nSPS) is 19.8. The molecular formula is C19H29N3O3S. The Bertz CT molecular complexity index is 739. The summed E-state index contributed by atoms with van der Waals surface area (Å²) in [5.41, 5.74) is 0.908. The molecule has 0 atom stereocenters. The Morgan fingerprint density at radius 2 is 1.69 bits per heavy atom. The number of aromatic nitrogens is 1. The molecule has 6 nitrogen and oxygen atoms in total. The molecule has 2 aliphatic rings. The van der Waals surface area contributed by atoms with E-state index in [-0.39, 0.29) is 10.9 Å². The Morgan fingerprint density at radius 1 is 1.08 bits per heavy atom. The van der Waals surface area contributed by atoms with Crippen LogP contribution in [0.15, 0.2) is 23.4 Å². The summed E-state index contributed by atoms with van der Waals surface area (Å²) >= 11 is 0. The molecule has 0 bridgehead atoms. The van der Waals surface area contributed by atoms with Crippen LogP contribution >= 0.6 is 0 Å². The minimum Gasteiger partial charge on any atom is -0.367 e. The van der Waals surface area contributed by atoms with Crippen LogP contribution in [0.25, 0.3) is 0 Å². The van der Waals surface area contributed by atoms with E-state index >= 15 is 0 Å². The zero-order valence-electron chi connectivity index (χ0n) is 15.9. The minimum absolute atomic E-state index is 0.115. The van der Waals surface area contributed by atoms with E-state index < -0.39 is 14.6 Å². The van der Waals surface area contributed by atoms with Crippen LogP contribution < -0.4 is 4.90 Å². The number of carbonyl (C=O) groups excluding carboxylic acids is 1. The Balaban J connectivity index is 1.62. The fourth-order valence-electron chi connectivity index (χ4n) is 3.65. The summed E-state index contributed by atoms with van der Waals surface area (Å²) < 4.78 is 24.1. The summed E-state index contributed by atoms with van der Waals surface area (Å²) in [6.07, 6.45) is 6.05. The molecule has 0 N–H and O–H groups in total. The van der Waals surface area contributed by atoms with Crippen LogP contribution in [-0.4, -0.2) is 55.1 Å². The van der Waals surface area contributed by atoms with Gasteiger partial charge in [0.2, 0.25) is 5.91 Å². The molecule has 1 aromatic heterocycles. The summed E-state index contributed by atoms with van der Waals surface area (Å²) in [5.74, 6) is 0.539. The molecule has 0 radical (unpaired) electrons. The van der Waals surface area contributed by atoms with Gasteiger partial charge >= 0.3 is 0 Å². The molecule has 0 aromatic carbocycles. The topological polar surface area (TPSA) is 70.6 Å². The Hall–Kier alpha value is -1.63. The second-order valence-electron chi connectivity index (χ2n) is 8.26. The number of pyridine rings is 1. The summed E-state index contributed by atoms with van der Waals surface area (Å²) in [7, 11) is -3.44. The molecule has 0 spiro atoms. The van der Waals surface area contributed by atoms with Crippen molar-refractivity contribution in [2.75, 3.05) is 31.1 Å². The van der Waals surface area contributed by atoms with Gasteiger partial charge in [0.05, 0.1) is 16.6 Å². The molecule has 1 saturated carbocycles. The predicted octanol–water partition coefficient (Wildman–Crippen LogP) is 2.49. The van der Waals surface area contributed by atoms with Gasteiger partial charge in [0.1, 0.15) is 0 Å².